The van der Waals surface area contributed by atoms with Crippen molar-refractivity contribution in [1.82, 2.24) is 10.2 Å². The lowest BCUT2D eigenvalue weighted by molar-refractivity contribution is -0.133. The van der Waals surface area contributed by atoms with Crippen LogP contribution in [0.2, 0.25) is 0 Å². The number of hydrogen-bond acceptors (Lipinski definition) is 3. The normalized spacial score (nSPS) is 19.6. The van der Waals surface area contributed by atoms with Crippen LogP contribution in [0.15, 0.2) is 30.3 Å². The fraction of sp³-hybridized carbons (Fsp3) is 0.611. The van der Waals surface area contributed by atoms with Gasteiger partial charge < -0.3 is 10.2 Å². The molecule has 122 valence electrons. The highest BCUT2D eigenvalue weighted by molar-refractivity contribution is 7.99. The first kappa shape index (κ1) is 17.4. The van der Waals surface area contributed by atoms with Crippen molar-refractivity contribution in [3.8, 4) is 0 Å². The molecule has 1 saturated heterocycles. The molecule has 1 aliphatic heterocycles. The summed E-state index contributed by atoms with van der Waals surface area (Å²) in [5, 5.41) is 3.47. The van der Waals surface area contributed by atoms with Gasteiger partial charge in [0.05, 0.1) is 6.04 Å². The maximum atomic E-state index is 12.8. The fourth-order valence-corrected chi connectivity index (χ4v) is 3.80. The van der Waals surface area contributed by atoms with E-state index >= 15 is 0 Å². The van der Waals surface area contributed by atoms with Gasteiger partial charge >= 0.3 is 0 Å². The summed E-state index contributed by atoms with van der Waals surface area (Å²) in [5.41, 5.74) is 1.22. The van der Waals surface area contributed by atoms with Gasteiger partial charge in [-0.05, 0) is 18.9 Å². The average Bonchev–Trinajstić information content (AvgIpc) is 2.56. The van der Waals surface area contributed by atoms with Gasteiger partial charge in [-0.25, -0.2) is 0 Å². The van der Waals surface area contributed by atoms with Crippen LogP contribution in [-0.4, -0.2) is 41.4 Å². The summed E-state index contributed by atoms with van der Waals surface area (Å²) in [6.07, 6.45) is 2.80. The average molecular weight is 321 g/mol. The Hall–Kier alpha value is -1.00. The van der Waals surface area contributed by atoms with Gasteiger partial charge in [-0.15, -0.1) is 0 Å². The quantitative estimate of drug-likeness (QED) is 0.835. The van der Waals surface area contributed by atoms with Gasteiger partial charge in [0.2, 0.25) is 5.91 Å². The lowest BCUT2D eigenvalue weighted by Crippen LogP contribution is -2.43. The number of carbonyl (C=O) groups excluding carboxylic acids is 1. The lowest BCUT2D eigenvalue weighted by atomic mass is 10.1. The molecule has 0 aliphatic carbocycles. The van der Waals surface area contributed by atoms with E-state index in [1.165, 1.54) is 5.56 Å². The molecule has 1 fully saturated rings. The van der Waals surface area contributed by atoms with Crippen molar-refractivity contribution in [3.63, 3.8) is 0 Å². The van der Waals surface area contributed by atoms with Crippen molar-refractivity contribution in [1.29, 1.82) is 0 Å². The van der Waals surface area contributed by atoms with Gasteiger partial charge in [0.25, 0.3) is 0 Å². The Labute approximate surface area is 138 Å². The van der Waals surface area contributed by atoms with E-state index in [4.69, 9.17) is 0 Å². The van der Waals surface area contributed by atoms with Gasteiger partial charge in [-0.2, -0.15) is 11.8 Å². The topological polar surface area (TPSA) is 32.3 Å². The van der Waals surface area contributed by atoms with Gasteiger partial charge in [0, 0.05) is 37.1 Å². The lowest BCUT2D eigenvalue weighted by Gasteiger charge is -2.32. The monoisotopic (exact) mass is 320 g/mol. The molecule has 1 amide bonds. The third-order valence-corrected chi connectivity index (χ3v) is 5.37. The Morgan fingerprint density at radius 3 is 2.82 bits per heavy atom. The smallest absolute Gasteiger partial charge is 0.224 e. The van der Waals surface area contributed by atoms with Crippen LogP contribution in [0.5, 0.6) is 0 Å². The number of rotatable bonds is 7. The van der Waals surface area contributed by atoms with E-state index in [0.29, 0.717) is 12.5 Å². The van der Waals surface area contributed by atoms with Crippen molar-refractivity contribution >= 4 is 17.7 Å². The van der Waals surface area contributed by atoms with Gasteiger partial charge in [0.1, 0.15) is 0 Å². The van der Waals surface area contributed by atoms with Crippen LogP contribution in [0.3, 0.4) is 0 Å². The SMILES string of the molecule is CCCCN(C(=O)CC1CSCCN1)C(C)c1ccccc1. The predicted octanol–water partition coefficient (Wildman–Crippen LogP) is 3.47. The Balaban J connectivity index is 2.02. The van der Waals surface area contributed by atoms with E-state index in [9.17, 15) is 4.79 Å². The molecular formula is C18H28N2OS. The number of unbranched alkanes of at least 4 members (excludes halogenated alkanes) is 1. The number of benzene rings is 1. The molecule has 1 aliphatic rings. The molecule has 2 atom stereocenters. The molecular weight excluding hydrogens is 292 g/mol. The fourth-order valence-electron chi connectivity index (χ4n) is 2.85. The number of hydrogen-bond donors (Lipinski definition) is 1. The molecule has 0 bridgehead atoms. The van der Waals surface area contributed by atoms with Gasteiger partial charge in [-0.3, -0.25) is 4.79 Å². The second-order valence-electron chi connectivity index (χ2n) is 5.96. The van der Waals surface area contributed by atoms with Crippen LogP contribution in [0, 0.1) is 0 Å². The second kappa shape index (κ2) is 9.21. The molecule has 4 heteroatoms. The Morgan fingerprint density at radius 1 is 1.41 bits per heavy atom. The Kier molecular flexibility index (Phi) is 7.26. The van der Waals surface area contributed by atoms with Crippen molar-refractivity contribution in [2.75, 3.05) is 24.6 Å². The van der Waals surface area contributed by atoms with Gasteiger partial charge in [0.15, 0.2) is 0 Å². The Bertz CT molecular complexity index is 446. The van der Waals surface area contributed by atoms with E-state index in [1.54, 1.807) is 0 Å². The van der Waals surface area contributed by atoms with Gasteiger partial charge in [-0.1, -0.05) is 43.7 Å². The highest BCUT2D eigenvalue weighted by Crippen LogP contribution is 2.22. The maximum Gasteiger partial charge on any atom is 0.224 e. The summed E-state index contributed by atoms with van der Waals surface area (Å²) in [4.78, 5) is 14.9. The van der Waals surface area contributed by atoms with E-state index < -0.39 is 0 Å². The molecule has 1 aromatic carbocycles. The molecule has 1 N–H and O–H groups in total. The second-order valence-corrected chi connectivity index (χ2v) is 7.11. The molecule has 0 aromatic heterocycles. The standard InChI is InChI=1S/C18H28N2OS/c1-3-4-11-20(15(2)16-8-6-5-7-9-16)18(21)13-17-14-22-12-10-19-17/h5-9,15,17,19H,3-4,10-14H2,1-2H3. The number of thioether (sulfide) groups is 1. The minimum Gasteiger partial charge on any atom is -0.336 e. The van der Waals surface area contributed by atoms with Crippen LogP contribution in [0.4, 0.5) is 0 Å². The minimum absolute atomic E-state index is 0.150. The van der Waals surface area contributed by atoms with E-state index in [2.05, 4.69) is 36.2 Å². The largest absolute Gasteiger partial charge is 0.336 e. The van der Waals surface area contributed by atoms with E-state index in [-0.39, 0.29) is 11.9 Å². The molecule has 0 saturated carbocycles. The van der Waals surface area contributed by atoms with Crippen molar-refractivity contribution in [2.24, 2.45) is 0 Å². The van der Waals surface area contributed by atoms with Crippen molar-refractivity contribution < 1.29 is 4.79 Å². The zero-order valence-corrected chi connectivity index (χ0v) is 14.6. The summed E-state index contributed by atoms with van der Waals surface area (Å²) in [6.45, 7) is 6.19. The van der Waals surface area contributed by atoms with E-state index in [0.717, 1.165) is 37.4 Å². The molecule has 0 radical (unpaired) electrons. The third kappa shape index (κ3) is 5.03. The molecule has 3 nitrogen and oxygen atoms in total. The van der Waals surface area contributed by atoms with Crippen LogP contribution < -0.4 is 5.32 Å². The van der Waals surface area contributed by atoms with Crippen LogP contribution in [-0.2, 0) is 4.79 Å². The van der Waals surface area contributed by atoms with E-state index in [1.807, 2.05) is 30.0 Å². The predicted molar refractivity (Wildman–Crippen MR) is 95.2 cm³/mol. The number of carbonyl (C=O) groups is 1. The molecule has 22 heavy (non-hydrogen) atoms. The van der Waals surface area contributed by atoms with Crippen LogP contribution in [0.25, 0.3) is 0 Å². The first-order valence-corrected chi connectivity index (χ1v) is 9.53. The highest BCUT2D eigenvalue weighted by atomic mass is 32.2. The Morgan fingerprint density at radius 2 is 2.18 bits per heavy atom. The molecule has 1 aromatic rings. The minimum atomic E-state index is 0.150. The first-order valence-electron chi connectivity index (χ1n) is 8.38. The maximum absolute atomic E-state index is 12.8. The third-order valence-electron chi connectivity index (χ3n) is 4.24. The molecule has 2 rings (SSSR count). The summed E-state index contributed by atoms with van der Waals surface area (Å²) in [7, 11) is 0. The highest BCUT2D eigenvalue weighted by Gasteiger charge is 2.24. The van der Waals surface area contributed by atoms with Crippen LogP contribution in [0.1, 0.15) is 44.7 Å². The zero-order chi connectivity index (χ0) is 15.8. The molecule has 2 unspecified atom stereocenters. The summed E-state index contributed by atoms with van der Waals surface area (Å²) < 4.78 is 0. The molecule has 1 heterocycles. The van der Waals surface area contributed by atoms with Crippen LogP contribution >= 0.6 is 11.8 Å². The first-order chi connectivity index (χ1) is 10.7. The summed E-state index contributed by atoms with van der Waals surface area (Å²) in [6, 6.07) is 10.8. The number of nitrogens with one attached hydrogen (secondary N) is 1. The zero-order valence-electron chi connectivity index (χ0n) is 13.8. The van der Waals surface area contributed by atoms with Crippen molar-refractivity contribution in [2.45, 2.75) is 45.2 Å². The summed E-state index contributed by atoms with van der Waals surface area (Å²) in [5.74, 6) is 2.49. The summed E-state index contributed by atoms with van der Waals surface area (Å²) >= 11 is 1.95. The number of nitrogens with zero attached hydrogens (tertiary/aromatic N) is 1. The molecule has 0 spiro atoms. The number of amides is 1. The van der Waals surface area contributed by atoms with Crippen molar-refractivity contribution in [3.05, 3.63) is 35.9 Å².